The number of ether oxygens (including phenoxy) is 2. The van der Waals surface area contributed by atoms with Crippen LogP contribution in [0.15, 0.2) is 12.1 Å². The van der Waals surface area contributed by atoms with Gasteiger partial charge in [-0.1, -0.05) is 26.7 Å². The number of unbranched alkanes of at least 4 members (excludes halogenated alkanes) is 1. The number of anilines is 1. The van der Waals surface area contributed by atoms with Gasteiger partial charge in [-0.3, -0.25) is 4.79 Å². The van der Waals surface area contributed by atoms with Crippen molar-refractivity contribution in [1.29, 1.82) is 0 Å². The summed E-state index contributed by atoms with van der Waals surface area (Å²) in [5.41, 5.74) is 0.621. The van der Waals surface area contributed by atoms with E-state index >= 15 is 0 Å². The Morgan fingerprint density at radius 1 is 1.26 bits per heavy atom. The van der Waals surface area contributed by atoms with Gasteiger partial charge in [0.25, 0.3) is 5.91 Å². The maximum absolute atomic E-state index is 12.7. The molecule has 130 valence electrons. The molecule has 1 heterocycles. The van der Waals surface area contributed by atoms with Gasteiger partial charge in [-0.2, -0.15) is 0 Å². The average molecular weight is 322 g/mol. The second-order valence-electron chi connectivity index (χ2n) is 5.85. The van der Waals surface area contributed by atoms with Crippen LogP contribution >= 0.6 is 0 Å². The minimum Gasteiger partial charge on any atom is -0.478 e. The Morgan fingerprint density at radius 3 is 2.57 bits per heavy atom. The Hall–Kier alpha value is -1.62. The SMILES string of the molecule is CCCC[C@](C)(OCCC)C(=O)Nc1ccc(OCC)nc1C. The van der Waals surface area contributed by atoms with E-state index in [4.69, 9.17) is 9.47 Å². The molecule has 1 amide bonds. The van der Waals surface area contributed by atoms with E-state index in [2.05, 4.69) is 17.2 Å². The quantitative estimate of drug-likeness (QED) is 0.704. The Balaban J connectivity index is 2.84. The molecule has 1 aromatic rings. The number of carbonyl (C=O) groups excluding carboxylic acids is 1. The minimum atomic E-state index is -0.808. The lowest BCUT2D eigenvalue weighted by Crippen LogP contribution is -2.43. The van der Waals surface area contributed by atoms with Gasteiger partial charge >= 0.3 is 0 Å². The van der Waals surface area contributed by atoms with Crippen molar-refractivity contribution in [3.63, 3.8) is 0 Å². The van der Waals surface area contributed by atoms with Crippen LogP contribution in [0.1, 0.15) is 59.1 Å². The lowest BCUT2D eigenvalue weighted by atomic mass is 9.97. The molecular formula is C18H30N2O3. The van der Waals surface area contributed by atoms with Crippen LogP contribution in [0, 0.1) is 6.92 Å². The highest BCUT2D eigenvalue weighted by Gasteiger charge is 2.33. The van der Waals surface area contributed by atoms with E-state index in [-0.39, 0.29) is 5.91 Å². The van der Waals surface area contributed by atoms with Gasteiger partial charge in [0.15, 0.2) is 0 Å². The van der Waals surface area contributed by atoms with Gasteiger partial charge in [-0.15, -0.1) is 0 Å². The van der Waals surface area contributed by atoms with Crippen LogP contribution in [0.3, 0.4) is 0 Å². The summed E-state index contributed by atoms with van der Waals surface area (Å²) < 4.78 is 11.2. The summed E-state index contributed by atoms with van der Waals surface area (Å²) in [4.78, 5) is 17.1. The van der Waals surface area contributed by atoms with E-state index in [0.29, 0.717) is 31.2 Å². The second kappa shape index (κ2) is 9.50. The molecule has 0 saturated carbocycles. The van der Waals surface area contributed by atoms with Gasteiger partial charge in [-0.05, 0) is 39.7 Å². The summed E-state index contributed by atoms with van der Waals surface area (Å²) in [5, 5.41) is 2.96. The molecule has 1 N–H and O–H groups in total. The smallest absolute Gasteiger partial charge is 0.256 e. The Morgan fingerprint density at radius 2 is 2.00 bits per heavy atom. The summed E-state index contributed by atoms with van der Waals surface area (Å²) in [7, 11) is 0. The van der Waals surface area contributed by atoms with Gasteiger partial charge in [0, 0.05) is 12.7 Å². The van der Waals surface area contributed by atoms with Gasteiger partial charge < -0.3 is 14.8 Å². The maximum Gasteiger partial charge on any atom is 0.256 e. The van der Waals surface area contributed by atoms with Gasteiger partial charge in [0.05, 0.1) is 18.0 Å². The molecule has 0 aliphatic rings. The largest absolute Gasteiger partial charge is 0.478 e. The molecule has 5 nitrogen and oxygen atoms in total. The summed E-state index contributed by atoms with van der Waals surface area (Å²) in [6.07, 6.45) is 3.58. The van der Waals surface area contributed by atoms with E-state index in [9.17, 15) is 4.79 Å². The second-order valence-corrected chi connectivity index (χ2v) is 5.85. The molecule has 0 aliphatic heterocycles. The monoisotopic (exact) mass is 322 g/mol. The molecule has 0 spiro atoms. The average Bonchev–Trinajstić information content (AvgIpc) is 2.53. The van der Waals surface area contributed by atoms with Crippen molar-refractivity contribution in [2.24, 2.45) is 0 Å². The fourth-order valence-corrected chi connectivity index (χ4v) is 2.25. The number of hydrogen-bond acceptors (Lipinski definition) is 4. The van der Waals surface area contributed by atoms with E-state index in [1.54, 1.807) is 6.07 Å². The summed E-state index contributed by atoms with van der Waals surface area (Å²) in [5.74, 6) is 0.451. The lowest BCUT2D eigenvalue weighted by Gasteiger charge is -2.29. The number of carbonyl (C=O) groups is 1. The normalized spacial score (nSPS) is 13.4. The van der Waals surface area contributed by atoms with Crippen molar-refractivity contribution in [3.05, 3.63) is 17.8 Å². The van der Waals surface area contributed by atoms with Gasteiger partial charge in [0.2, 0.25) is 5.88 Å². The first kappa shape index (κ1) is 19.4. The fourth-order valence-electron chi connectivity index (χ4n) is 2.25. The molecule has 0 fully saturated rings. The molecule has 0 radical (unpaired) electrons. The number of pyridine rings is 1. The first-order valence-corrected chi connectivity index (χ1v) is 8.52. The third-order valence-electron chi connectivity index (χ3n) is 3.71. The number of amides is 1. The first-order valence-electron chi connectivity index (χ1n) is 8.52. The number of nitrogens with zero attached hydrogens (tertiary/aromatic N) is 1. The van der Waals surface area contributed by atoms with Crippen molar-refractivity contribution < 1.29 is 14.3 Å². The number of nitrogens with one attached hydrogen (secondary N) is 1. The molecule has 0 aliphatic carbocycles. The maximum atomic E-state index is 12.7. The van der Waals surface area contributed by atoms with Gasteiger partial charge in [0.1, 0.15) is 5.60 Å². The van der Waals surface area contributed by atoms with E-state index < -0.39 is 5.60 Å². The topological polar surface area (TPSA) is 60.5 Å². The highest BCUT2D eigenvalue weighted by atomic mass is 16.5. The highest BCUT2D eigenvalue weighted by molar-refractivity contribution is 5.97. The molecule has 1 aromatic heterocycles. The highest BCUT2D eigenvalue weighted by Crippen LogP contribution is 2.24. The number of hydrogen-bond donors (Lipinski definition) is 1. The van der Waals surface area contributed by atoms with Crippen LogP contribution in [-0.4, -0.2) is 29.7 Å². The van der Waals surface area contributed by atoms with Crippen molar-refractivity contribution in [1.82, 2.24) is 4.98 Å². The van der Waals surface area contributed by atoms with Crippen molar-refractivity contribution >= 4 is 11.6 Å². The van der Waals surface area contributed by atoms with Crippen LogP contribution in [0.25, 0.3) is 0 Å². The number of rotatable bonds is 10. The molecule has 1 atom stereocenters. The Kier molecular flexibility index (Phi) is 8.03. The Bertz CT molecular complexity index is 495. The van der Waals surface area contributed by atoms with Crippen LogP contribution in [0.2, 0.25) is 0 Å². The van der Waals surface area contributed by atoms with E-state index in [1.807, 2.05) is 33.8 Å². The lowest BCUT2D eigenvalue weighted by molar-refractivity contribution is -0.140. The number of aromatic nitrogens is 1. The summed E-state index contributed by atoms with van der Waals surface area (Å²) in [6.45, 7) is 10.9. The molecule has 1 rings (SSSR count). The molecular weight excluding hydrogens is 292 g/mol. The molecule has 0 saturated heterocycles. The third kappa shape index (κ3) is 5.82. The van der Waals surface area contributed by atoms with Crippen molar-refractivity contribution in [2.75, 3.05) is 18.5 Å². The fraction of sp³-hybridized carbons (Fsp3) is 0.667. The van der Waals surface area contributed by atoms with Crippen molar-refractivity contribution in [2.45, 2.75) is 65.9 Å². The van der Waals surface area contributed by atoms with Crippen LogP contribution < -0.4 is 10.1 Å². The van der Waals surface area contributed by atoms with Crippen molar-refractivity contribution in [3.8, 4) is 5.88 Å². The minimum absolute atomic E-state index is 0.117. The zero-order valence-electron chi connectivity index (χ0n) is 15.1. The zero-order chi connectivity index (χ0) is 17.3. The molecule has 0 aromatic carbocycles. The van der Waals surface area contributed by atoms with Gasteiger partial charge in [-0.25, -0.2) is 4.98 Å². The third-order valence-corrected chi connectivity index (χ3v) is 3.71. The Labute approximate surface area is 139 Å². The van der Waals surface area contributed by atoms with Crippen LogP contribution in [0.5, 0.6) is 5.88 Å². The first-order chi connectivity index (χ1) is 11.0. The molecule has 0 unspecified atom stereocenters. The molecule has 23 heavy (non-hydrogen) atoms. The van der Waals surface area contributed by atoms with Crippen LogP contribution in [-0.2, 0) is 9.53 Å². The predicted octanol–water partition coefficient (Wildman–Crippen LogP) is 4.10. The molecule has 5 heteroatoms. The molecule has 0 bridgehead atoms. The van der Waals surface area contributed by atoms with Crippen LogP contribution in [0.4, 0.5) is 5.69 Å². The predicted molar refractivity (Wildman–Crippen MR) is 92.9 cm³/mol. The summed E-state index contributed by atoms with van der Waals surface area (Å²) >= 11 is 0. The summed E-state index contributed by atoms with van der Waals surface area (Å²) in [6, 6.07) is 3.59. The standard InChI is InChI=1S/C18H30N2O3/c1-6-9-12-18(5,23-13-7-2)17(21)20-15-10-11-16(22-8-3)19-14(15)4/h10-11H,6-9,12-13H2,1-5H3,(H,20,21)/t18-/m0/s1. The van der Waals surface area contributed by atoms with E-state index in [1.165, 1.54) is 0 Å². The van der Waals surface area contributed by atoms with E-state index in [0.717, 1.165) is 25.0 Å². The number of aryl methyl sites for hydroxylation is 1. The zero-order valence-corrected chi connectivity index (χ0v) is 15.1.